The number of methoxy groups -OCH3 is 1. The van der Waals surface area contributed by atoms with Crippen molar-refractivity contribution in [1.29, 1.82) is 0 Å². The zero-order valence-electron chi connectivity index (χ0n) is 13.3. The van der Waals surface area contributed by atoms with Crippen LogP contribution in [0.25, 0.3) is 0 Å². The van der Waals surface area contributed by atoms with Gasteiger partial charge in [0.05, 0.1) is 29.7 Å². The van der Waals surface area contributed by atoms with Gasteiger partial charge in [0, 0.05) is 25.3 Å². The number of halogens is 2. The SMILES string of the molecule is COc1c(Cl)cc(C(=O)N(CCC(=O)O)C[C@H]2CCCO2)cc1Cl. The summed E-state index contributed by atoms with van der Waals surface area (Å²) in [5.41, 5.74) is 0.286. The van der Waals surface area contributed by atoms with E-state index in [1.165, 1.54) is 24.1 Å². The van der Waals surface area contributed by atoms with Crippen molar-refractivity contribution in [3.63, 3.8) is 0 Å². The summed E-state index contributed by atoms with van der Waals surface area (Å²) < 4.78 is 10.6. The first-order chi connectivity index (χ1) is 11.4. The second-order valence-corrected chi connectivity index (χ2v) is 6.32. The van der Waals surface area contributed by atoms with Gasteiger partial charge in [0.2, 0.25) is 0 Å². The number of aliphatic carboxylic acids is 1. The van der Waals surface area contributed by atoms with Crippen LogP contribution in [0.3, 0.4) is 0 Å². The van der Waals surface area contributed by atoms with Gasteiger partial charge in [0.15, 0.2) is 5.75 Å². The minimum absolute atomic E-state index is 0.0769. The van der Waals surface area contributed by atoms with E-state index in [9.17, 15) is 9.59 Å². The number of carboxylic acid groups (broad SMARTS) is 1. The molecule has 1 aliphatic heterocycles. The Morgan fingerprint density at radius 2 is 2.04 bits per heavy atom. The first kappa shape index (κ1) is 18.8. The van der Waals surface area contributed by atoms with Crippen LogP contribution >= 0.6 is 23.2 Å². The van der Waals surface area contributed by atoms with Gasteiger partial charge < -0.3 is 19.5 Å². The van der Waals surface area contributed by atoms with Crippen LogP contribution in [0.5, 0.6) is 5.75 Å². The number of benzene rings is 1. The van der Waals surface area contributed by atoms with Gasteiger partial charge in [0.1, 0.15) is 0 Å². The van der Waals surface area contributed by atoms with Crippen molar-refractivity contribution in [2.24, 2.45) is 0 Å². The topological polar surface area (TPSA) is 76.1 Å². The molecule has 8 heteroatoms. The van der Waals surface area contributed by atoms with Crippen molar-refractivity contribution in [3.8, 4) is 5.75 Å². The predicted molar refractivity (Wildman–Crippen MR) is 90.1 cm³/mol. The minimum atomic E-state index is -0.967. The third-order valence-corrected chi connectivity index (χ3v) is 4.34. The molecule has 0 unspecified atom stereocenters. The number of hydrogen-bond donors (Lipinski definition) is 1. The molecule has 1 fully saturated rings. The minimum Gasteiger partial charge on any atom is -0.494 e. The quantitative estimate of drug-likeness (QED) is 0.792. The lowest BCUT2D eigenvalue weighted by Gasteiger charge is -2.25. The molecule has 0 saturated carbocycles. The molecular formula is C16H19Cl2NO5. The third kappa shape index (κ3) is 4.75. The maximum atomic E-state index is 12.8. The summed E-state index contributed by atoms with van der Waals surface area (Å²) in [6, 6.07) is 2.94. The fraction of sp³-hybridized carbons (Fsp3) is 0.500. The third-order valence-electron chi connectivity index (χ3n) is 3.78. The molecule has 1 atom stereocenters. The number of hydrogen-bond acceptors (Lipinski definition) is 4. The summed E-state index contributed by atoms with van der Waals surface area (Å²) in [5, 5.41) is 9.36. The summed E-state index contributed by atoms with van der Waals surface area (Å²) in [6.45, 7) is 1.09. The number of carbonyl (C=O) groups excluding carboxylic acids is 1. The highest BCUT2D eigenvalue weighted by Gasteiger charge is 2.25. The molecule has 1 aromatic carbocycles. The van der Waals surface area contributed by atoms with Crippen LogP contribution in [0.2, 0.25) is 10.0 Å². The van der Waals surface area contributed by atoms with Gasteiger partial charge in [-0.2, -0.15) is 0 Å². The molecule has 6 nitrogen and oxygen atoms in total. The Hall–Kier alpha value is -1.50. The Morgan fingerprint density at radius 3 is 2.54 bits per heavy atom. The van der Waals surface area contributed by atoms with Crippen LogP contribution in [-0.2, 0) is 9.53 Å². The lowest BCUT2D eigenvalue weighted by Crippen LogP contribution is -2.38. The monoisotopic (exact) mass is 375 g/mol. The van der Waals surface area contributed by atoms with Crippen molar-refractivity contribution >= 4 is 35.1 Å². The highest BCUT2D eigenvalue weighted by molar-refractivity contribution is 6.37. The Kier molecular flexibility index (Phi) is 6.71. The fourth-order valence-electron chi connectivity index (χ4n) is 2.60. The molecule has 0 radical (unpaired) electrons. The second-order valence-electron chi connectivity index (χ2n) is 5.50. The van der Waals surface area contributed by atoms with Gasteiger partial charge >= 0.3 is 5.97 Å². The van der Waals surface area contributed by atoms with Gasteiger partial charge in [-0.15, -0.1) is 0 Å². The van der Waals surface area contributed by atoms with Crippen molar-refractivity contribution < 1.29 is 24.2 Å². The molecule has 0 aliphatic carbocycles. The first-order valence-corrected chi connectivity index (χ1v) is 8.33. The van der Waals surface area contributed by atoms with Gasteiger partial charge in [0.25, 0.3) is 5.91 Å². The number of ether oxygens (including phenoxy) is 2. The van der Waals surface area contributed by atoms with E-state index in [4.69, 9.17) is 37.8 Å². The van der Waals surface area contributed by atoms with Crippen LogP contribution in [0.15, 0.2) is 12.1 Å². The van der Waals surface area contributed by atoms with Crippen LogP contribution in [0, 0.1) is 0 Å². The van der Waals surface area contributed by atoms with Gasteiger partial charge in [-0.1, -0.05) is 23.2 Å². The van der Waals surface area contributed by atoms with E-state index in [-0.39, 0.29) is 40.6 Å². The number of carbonyl (C=O) groups is 2. The molecule has 1 saturated heterocycles. The highest BCUT2D eigenvalue weighted by Crippen LogP contribution is 2.34. The number of carboxylic acids is 1. The lowest BCUT2D eigenvalue weighted by molar-refractivity contribution is -0.137. The van der Waals surface area contributed by atoms with Crippen LogP contribution in [-0.4, -0.2) is 54.8 Å². The molecule has 132 valence electrons. The van der Waals surface area contributed by atoms with Gasteiger partial charge in [-0.05, 0) is 25.0 Å². The Balaban J connectivity index is 2.20. The fourth-order valence-corrected chi connectivity index (χ4v) is 3.24. The van der Waals surface area contributed by atoms with E-state index in [2.05, 4.69) is 0 Å². The summed E-state index contributed by atoms with van der Waals surface area (Å²) in [6.07, 6.45) is 1.56. The van der Waals surface area contributed by atoms with E-state index in [0.717, 1.165) is 12.8 Å². The molecule has 0 aromatic heterocycles. The van der Waals surface area contributed by atoms with Gasteiger partial charge in [-0.25, -0.2) is 0 Å². The molecule has 1 amide bonds. The van der Waals surface area contributed by atoms with Crippen molar-refractivity contribution in [2.45, 2.75) is 25.4 Å². The smallest absolute Gasteiger partial charge is 0.305 e. The molecular weight excluding hydrogens is 357 g/mol. The normalized spacial score (nSPS) is 16.9. The maximum absolute atomic E-state index is 12.8. The summed E-state index contributed by atoms with van der Waals surface area (Å²) in [7, 11) is 1.44. The number of nitrogens with zero attached hydrogens (tertiary/aromatic N) is 1. The molecule has 1 aromatic rings. The van der Waals surface area contributed by atoms with Crippen LogP contribution in [0.1, 0.15) is 29.6 Å². The summed E-state index contributed by atoms with van der Waals surface area (Å²) >= 11 is 12.2. The Labute approximate surface area is 150 Å². The standard InChI is InChI=1S/C16H19Cl2NO5/c1-23-15-12(17)7-10(8-13(15)18)16(22)19(5-4-14(20)21)9-11-3-2-6-24-11/h7-8,11H,2-6,9H2,1H3,(H,20,21)/t11-/m1/s1. The van der Waals surface area contributed by atoms with Crippen molar-refractivity contribution in [2.75, 3.05) is 26.8 Å². The van der Waals surface area contributed by atoms with E-state index in [0.29, 0.717) is 18.9 Å². The molecule has 24 heavy (non-hydrogen) atoms. The van der Waals surface area contributed by atoms with Crippen molar-refractivity contribution in [1.82, 2.24) is 4.90 Å². The van der Waals surface area contributed by atoms with E-state index in [1.54, 1.807) is 0 Å². The molecule has 1 N–H and O–H groups in total. The molecule has 1 aliphatic rings. The highest BCUT2D eigenvalue weighted by atomic mass is 35.5. The van der Waals surface area contributed by atoms with E-state index < -0.39 is 5.97 Å². The second kappa shape index (κ2) is 8.55. The molecule has 1 heterocycles. The molecule has 0 spiro atoms. The summed E-state index contributed by atoms with van der Waals surface area (Å²) in [5.74, 6) is -1.00. The Bertz CT molecular complexity index is 593. The molecule has 0 bridgehead atoms. The Morgan fingerprint density at radius 1 is 1.38 bits per heavy atom. The van der Waals surface area contributed by atoms with Crippen LogP contribution < -0.4 is 4.74 Å². The lowest BCUT2D eigenvalue weighted by atomic mass is 10.1. The summed E-state index contributed by atoms with van der Waals surface area (Å²) in [4.78, 5) is 25.1. The maximum Gasteiger partial charge on any atom is 0.305 e. The largest absolute Gasteiger partial charge is 0.494 e. The average molecular weight is 376 g/mol. The zero-order chi connectivity index (χ0) is 17.7. The number of amides is 1. The van der Waals surface area contributed by atoms with E-state index >= 15 is 0 Å². The predicted octanol–water partition coefficient (Wildman–Crippen LogP) is 3.10. The van der Waals surface area contributed by atoms with E-state index in [1.807, 2.05) is 0 Å². The first-order valence-electron chi connectivity index (χ1n) is 7.58. The average Bonchev–Trinajstić information content (AvgIpc) is 3.03. The van der Waals surface area contributed by atoms with Gasteiger partial charge in [-0.3, -0.25) is 9.59 Å². The molecule has 2 rings (SSSR count). The van der Waals surface area contributed by atoms with Crippen LogP contribution in [0.4, 0.5) is 0 Å². The van der Waals surface area contributed by atoms with Crippen molar-refractivity contribution in [3.05, 3.63) is 27.7 Å². The number of rotatable bonds is 7. The zero-order valence-corrected chi connectivity index (χ0v) is 14.8.